The van der Waals surface area contributed by atoms with Crippen molar-refractivity contribution in [3.63, 3.8) is 0 Å². The molecule has 2 rings (SSSR count). The number of rotatable bonds is 3. The Bertz CT molecular complexity index is 540. The topological polar surface area (TPSA) is 39.2 Å². The average molecular weight is 292 g/mol. The average Bonchev–Trinajstić information content (AvgIpc) is 2.38. The molecule has 0 aliphatic rings. The van der Waals surface area contributed by atoms with E-state index in [0.29, 0.717) is 17.0 Å². The minimum atomic E-state index is -0.149. The fourth-order valence-electron chi connectivity index (χ4n) is 1.53. The third kappa shape index (κ3) is 2.36. The molecule has 86 valence electrons. The maximum atomic E-state index is 12.2. The highest BCUT2D eigenvalue weighted by Crippen LogP contribution is 2.29. The number of aromatic nitrogens is 1. The van der Waals surface area contributed by atoms with Crippen molar-refractivity contribution in [2.75, 3.05) is 7.11 Å². The van der Waals surface area contributed by atoms with Crippen molar-refractivity contribution < 1.29 is 9.53 Å². The molecule has 0 bridgehead atoms. The molecule has 0 amide bonds. The molecule has 0 unspecified atom stereocenters. The van der Waals surface area contributed by atoms with Crippen LogP contribution in [0.5, 0.6) is 5.75 Å². The SMILES string of the molecule is COc1c(Br)cccc1C(=O)c1ccccn1. The quantitative estimate of drug-likeness (QED) is 0.816. The highest BCUT2D eigenvalue weighted by molar-refractivity contribution is 9.10. The second kappa shape index (κ2) is 5.10. The van der Waals surface area contributed by atoms with Crippen molar-refractivity contribution in [3.8, 4) is 5.75 Å². The van der Waals surface area contributed by atoms with E-state index in [-0.39, 0.29) is 5.78 Å². The molecule has 0 aliphatic carbocycles. The Morgan fingerprint density at radius 2 is 2.06 bits per heavy atom. The van der Waals surface area contributed by atoms with Gasteiger partial charge in [-0.1, -0.05) is 12.1 Å². The zero-order valence-electron chi connectivity index (χ0n) is 9.18. The second-order valence-corrected chi connectivity index (χ2v) is 4.22. The van der Waals surface area contributed by atoms with Crippen molar-refractivity contribution in [3.05, 3.63) is 58.3 Å². The number of hydrogen-bond donors (Lipinski definition) is 0. The maximum absolute atomic E-state index is 12.2. The molecule has 1 aromatic carbocycles. The fraction of sp³-hybridized carbons (Fsp3) is 0.0769. The molecule has 0 N–H and O–H groups in total. The van der Waals surface area contributed by atoms with E-state index in [4.69, 9.17) is 4.74 Å². The van der Waals surface area contributed by atoms with Gasteiger partial charge in [0.2, 0.25) is 5.78 Å². The van der Waals surface area contributed by atoms with Gasteiger partial charge in [-0.15, -0.1) is 0 Å². The lowest BCUT2D eigenvalue weighted by molar-refractivity contribution is 0.103. The van der Waals surface area contributed by atoms with E-state index < -0.39 is 0 Å². The molecule has 1 heterocycles. The summed E-state index contributed by atoms with van der Waals surface area (Å²) in [6.07, 6.45) is 1.59. The smallest absolute Gasteiger partial charge is 0.215 e. The zero-order valence-corrected chi connectivity index (χ0v) is 10.8. The molecule has 1 aromatic heterocycles. The molecule has 0 spiro atoms. The van der Waals surface area contributed by atoms with Gasteiger partial charge in [0.25, 0.3) is 0 Å². The van der Waals surface area contributed by atoms with E-state index in [2.05, 4.69) is 20.9 Å². The summed E-state index contributed by atoms with van der Waals surface area (Å²) >= 11 is 3.35. The summed E-state index contributed by atoms with van der Waals surface area (Å²) in [5.41, 5.74) is 0.907. The number of nitrogens with zero attached hydrogens (tertiary/aromatic N) is 1. The largest absolute Gasteiger partial charge is 0.495 e. The molecule has 0 saturated heterocycles. The van der Waals surface area contributed by atoms with Crippen molar-refractivity contribution in [1.29, 1.82) is 0 Å². The Morgan fingerprint density at radius 1 is 1.24 bits per heavy atom. The van der Waals surface area contributed by atoms with Gasteiger partial charge in [-0.2, -0.15) is 0 Å². The van der Waals surface area contributed by atoms with Crippen molar-refractivity contribution >= 4 is 21.7 Å². The molecular weight excluding hydrogens is 282 g/mol. The first-order valence-electron chi connectivity index (χ1n) is 5.02. The fourth-order valence-corrected chi connectivity index (χ4v) is 2.06. The van der Waals surface area contributed by atoms with Crippen LogP contribution in [0, 0.1) is 0 Å². The molecule has 0 fully saturated rings. The number of ketones is 1. The lowest BCUT2D eigenvalue weighted by Gasteiger charge is -2.08. The highest BCUT2D eigenvalue weighted by Gasteiger charge is 2.16. The van der Waals surface area contributed by atoms with Crippen LogP contribution in [0.15, 0.2) is 47.1 Å². The standard InChI is InChI=1S/C13H10BrNO2/c1-17-13-9(5-4-6-10(13)14)12(16)11-7-2-3-8-15-11/h2-8H,1H3. The van der Waals surface area contributed by atoms with E-state index in [1.54, 1.807) is 36.5 Å². The number of halogens is 1. The first kappa shape index (κ1) is 11.8. The Hall–Kier alpha value is -1.68. The van der Waals surface area contributed by atoms with Crippen LogP contribution in [0.2, 0.25) is 0 Å². The first-order chi connectivity index (χ1) is 8.24. The number of carbonyl (C=O) groups excluding carboxylic acids is 1. The third-order valence-corrected chi connectivity index (χ3v) is 2.94. The lowest BCUT2D eigenvalue weighted by atomic mass is 10.1. The van der Waals surface area contributed by atoms with E-state index in [0.717, 1.165) is 4.47 Å². The predicted octanol–water partition coefficient (Wildman–Crippen LogP) is 3.08. The summed E-state index contributed by atoms with van der Waals surface area (Å²) in [6, 6.07) is 10.6. The number of hydrogen-bond acceptors (Lipinski definition) is 3. The number of benzene rings is 1. The number of para-hydroxylation sites is 1. The van der Waals surface area contributed by atoms with Gasteiger partial charge in [0.05, 0.1) is 17.1 Å². The van der Waals surface area contributed by atoms with Crippen LogP contribution >= 0.6 is 15.9 Å². The minimum absolute atomic E-state index is 0.149. The summed E-state index contributed by atoms with van der Waals surface area (Å²) in [5.74, 6) is 0.381. The Kier molecular flexibility index (Phi) is 3.54. The van der Waals surface area contributed by atoms with Gasteiger partial charge in [-0.3, -0.25) is 9.78 Å². The van der Waals surface area contributed by atoms with Gasteiger partial charge < -0.3 is 4.74 Å². The second-order valence-electron chi connectivity index (χ2n) is 3.36. The molecule has 0 saturated carbocycles. The molecule has 0 radical (unpaired) electrons. The molecule has 2 aromatic rings. The van der Waals surface area contributed by atoms with Gasteiger partial charge in [0.1, 0.15) is 11.4 Å². The summed E-state index contributed by atoms with van der Waals surface area (Å²) in [5, 5.41) is 0. The third-order valence-electron chi connectivity index (χ3n) is 2.31. The van der Waals surface area contributed by atoms with Crippen LogP contribution in [0.4, 0.5) is 0 Å². The van der Waals surface area contributed by atoms with Gasteiger partial charge >= 0.3 is 0 Å². The Labute approximate surface area is 108 Å². The van der Waals surface area contributed by atoms with Crippen LogP contribution < -0.4 is 4.74 Å². The van der Waals surface area contributed by atoms with Crippen LogP contribution in [-0.4, -0.2) is 17.9 Å². The summed E-state index contributed by atoms with van der Waals surface area (Å²) in [7, 11) is 1.54. The predicted molar refractivity (Wildman–Crippen MR) is 68.4 cm³/mol. The van der Waals surface area contributed by atoms with Crippen LogP contribution in [0.25, 0.3) is 0 Å². The van der Waals surface area contributed by atoms with Gasteiger partial charge in [0, 0.05) is 6.20 Å². The van der Waals surface area contributed by atoms with E-state index in [1.165, 1.54) is 7.11 Å². The monoisotopic (exact) mass is 291 g/mol. The number of ether oxygens (including phenoxy) is 1. The number of methoxy groups -OCH3 is 1. The first-order valence-corrected chi connectivity index (χ1v) is 5.81. The molecule has 0 atom stereocenters. The molecule has 0 aliphatic heterocycles. The molecular formula is C13H10BrNO2. The highest BCUT2D eigenvalue weighted by atomic mass is 79.9. The van der Waals surface area contributed by atoms with Crippen molar-refractivity contribution in [2.24, 2.45) is 0 Å². The van der Waals surface area contributed by atoms with Crippen LogP contribution in [0.1, 0.15) is 16.1 Å². The lowest BCUT2D eigenvalue weighted by Crippen LogP contribution is -2.06. The van der Waals surface area contributed by atoms with E-state index >= 15 is 0 Å². The van der Waals surface area contributed by atoms with Gasteiger partial charge in [-0.25, -0.2) is 0 Å². The maximum Gasteiger partial charge on any atom is 0.215 e. The zero-order chi connectivity index (χ0) is 12.3. The van der Waals surface area contributed by atoms with Crippen LogP contribution in [-0.2, 0) is 0 Å². The van der Waals surface area contributed by atoms with E-state index in [9.17, 15) is 4.79 Å². The normalized spacial score (nSPS) is 10.0. The Morgan fingerprint density at radius 3 is 2.71 bits per heavy atom. The Balaban J connectivity index is 2.48. The van der Waals surface area contributed by atoms with Gasteiger partial charge in [-0.05, 0) is 40.2 Å². The summed E-state index contributed by atoms with van der Waals surface area (Å²) in [6.45, 7) is 0. The number of carbonyl (C=O) groups is 1. The number of pyridine rings is 1. The van der Waals surface area contributed by atoms with E-state index in [1.807, 2.05) is 6.07 Å². The van der Waals surface area contributed by atoms with Crippen molar-refractivity contribution in [2.45, 2.75) is 0 Å². The van der Waals surface area contributed by atoms with Crippen molar-refractivity contribution in [1.82, 2.24) is 4.98 Å². The van der Waals surface area contributed by atoms with Gasteiger partial charge in [0.15, 0.2) is 0 Å². The molecule has 3 nitrogen and oxygen atoms in total. The molecule has 4 heteroatoms. The minimum Gasteiger partial charge on any atom is -0.495 e. The summed E-state index contributed by atoms with van der Waals surface area (Å²) in [4.78, 5) is 16.3. The summed E-state index contributed by atoms with van der Waals surface area (Å²) < 4.78 is 5.97. The molecule has 17 heavy (non-hydrogen) atoms. The van der Waals surface area contributed by atoms with Crippen LogP contribution in [0.3, 0.4) is 0 Å².